The molecule has 0 atom stereocenters. The molecule has 720 valence electrons. The number of aryl methyl sites for hydroxylation is 1. The third-order valence-electron chi connectivity index (χ3n) is 19.0. The number of benzene rings is 8. The number of carbonyl (C=O) groups is 6. The van der Waals surface area contributed by atoms with Crippen molar-refractivity contribution < 1.29 is 132 Å². The van der Waals surface area contributed by atoms with Crippen molar-refractivity contribution in [2.24, 2.45) is 16.2 Å². The quantitative estimate of drug-likeness (QED) is 0.00997. The number of aliphatic hydroxyl groups is 1. The van der Waals surface area contributed by atoms with Gasteiger partial charge in [-0.3, -0.25) is 14.4 Å². The van der Waals surface area contributed by atoms with E-state index in [0.717, 1.165) is 25.2 Å². The second kappa shape index (κ2) is 55.9. The molecule has 9 aromatic rings. The molecule has 1 N–H and O–H groups in total. The molecular formula is C94H128F6O23S6. The third-order valence-corrected chi connectivity index (χ3v) is 28.5. The minimum atomic E-state index is -6.15. The number of ether oxygens (including phenoxy) is 7. The molecule has 0 spiro atoms. The monoisotopic (exact) mass is 1930 g/mol. The van der Waals surface area contributed by atoms with Crippen molar-refractivity contribution in [2.45, 2.75) is 214 Å². The molecule has 0 unspecified atom stereocenters. The molecule has 129 heavy (non-hydrogen) atoms. The Hall–Kier alpha value is -9.17. The number of fused-ring (bicyclic) bond motifs is 4. The fraction of sp³-hybridized carbons (Fsp3) is 0.447. The number of halogens is 6. The lowest BCUT2D eigenvalue weighted by Gasteiger charge is -2.21. The van der Waals surface area contributed by atoms with Crippen LogP contribution in [0.1, 0.15) is 176 Å². The van der Waals surface area contributed by atoms with Crippen molar-refractivity contribution in [3.8, 4) is 10.6 Å². The molecule has 35 heteroatoms. The SMILES string of the molecule is C.C.C.C.C.C.CCC(C)(C)C(=O)OCCCOC(=O)C(F)(F)S(=O)(=O)[O-].CCC(C)(C)C(=O)OCCOC(=O)C(F)(F)S(=O)(=O)[O-].CCC(C)(C)C(=O)OCCOC(=O)C(F)(F)S(=O)(=O)[O-].CCCCOc1ccc([S+]2CCCC2)c2ccccc12.Cc1ccc([S+](c2ccccc2)c2ccccc2)cc1.OCCc1ccc(-[s+]2c3ccccc3c3ccccc32)cc1. The van der Waals surface area contributed by atoms with Crippen molar-refractivity contribution >= 4 is 129 Å². The maximum absolute atomic E-state index is 12.7. The zero-order valence-electron chi connectivity index (χ0n) is 70.1. The van der Waals surface area contributed by atoms with Gasteiger partial charge in [0.15, 0.2) is 64.2 Å². The fourth-order valence-corrected chi connectivity index (χ4v) is 18.3. The lowest BCUT2D eigenvalue weighted by atomic mass is 9.91. The smallest absolute Gasteiger partial charge is 0.428 e. The van der Waals surface area contributed by atoms with Gasteiger partial charge in [-0.05, 0) is 190 Å². The molecule has 1 aliphatic heterocycles. The summed E-state index contributed by atoms with van der Waals surface area (Å²) in [4.78, 5) is 73.6. The number of hydrogen-bond donors (Lipinski definition) is 1. The van der Waals surface area contributed by atoms with Crippen molar-refractivity contribution in [2.75, 3.05) is 64.4 Å². The molecule has 1 aliphatic rings. The molecule has 0 radical (unpaired) electrons. The summed E-state index contributed by atoms with van der Waals surface area (Å²) in [5, 5.41) is -0.977. The zero-order valence-corrected chi connectivity index (χ0v) is 75.0. The maximum Gasteiger partial charge on any atom is 0.428 e. The highest BCUT2D eigenvalue weighted by molar-refractivity contribution is 7.97. The first-order valence-electron chi connectivity index (χ1n) is 39.1. The Balaban J connectivity index is 0. The minimum Gasteiger partial charge on any atom is -0.743 e. The lowest BCUT2D eigenvalue weighted by molar-refractivity contribution is -0.167. The first kappa shape index (κ1) is 122. The van der Waals surface area contributed by atoms with Crippen LogP contribution in [0.25, 0.3) is 35.8 Å². The van der Waals surface area contributed by atoms with Gasteiger partial charge in [0.05, 0.1) is 47.0 Å². The summed E-state index contributed by atoms with van der Waals surface area (Å²) in [5.41, 5.74) is 0.230. The Labute approximate surface area is 767 Å². The van der Waals surface area contributed by atoms with Gasteiger partial charge in [0.2, 0.25) is 0 Å². The summed E-state index contributed by atoms with van der Waals surface area (Å²) in [7, 11) is -18.0. The Bertz CT molecular complexity index is 5110. The summed E-state index contributed by atoms with van der Waals surface area (Å²) < 4.78 is 202. The largest absolute Gasteiger partial charge is 0.743 e. The summed E-state index contributed by atoms with van der Waals surface area (Å²) in [5.74, 6) is -5.39. The van der Waals surface area contributed by atoms with E-state index in [-0.39, 0.29) is 85.6 Å². The average Bonchev–Trinajstić information content (AvgIpc) is 1.60. The van der Waals surface area contributed by atoms with E-state index in [9.17, 15) is 94.0 Å². The van der Waals surface area contributed by atoms with Crippen LogP contribution in [0.3, 0.4) is 0 Å². The molecule has 0 aliphatic carbocycles. The van der Waals surface area contributed by atoms with Crippen molar-refractivity contribution in [3.05, 3.63) is 205 Å². The van der Waals surface area contributed by atoms with Gasteiger partial charge >= 0.3 is 51.6 Å². The molecule has 2 heterocycles. The van der Waals surface area contributed by atoms with Crippen LogP contribution < -0.4 is 4.74 Å². The molecule has 1 aromatic heterocycles. The fourth-order valence-electron chi connectivity index (χ4n) is 10.5. The number of rotatable bonds is 33. The molecule has 1 fully saturated rings. The predicted octanol–water partition coefficient (Wildman–Crippen LogP) is 21.3. The van der Waals surface area contributed by atoms with Gasteiger partial charge in [-0.15, -0.1) is 0 Å². The Morgan fingerprint density at radius 2 is 0.721 bits per heavy atom. The lowest BCUT2D eigenvalue weighted by Crippen LogP contribution is -2.39. The Morgan fingerprint density at radius 1 is 0.395 bits per heavy atom. The standard InChI is InChI=1S/C20H17OS.C19H17S.C18H23OS.C11H18F2O7S.2C10H16F2O7S.6CH4/c21-14-13-15-9-11-16(12-10-15)22-19-7-3-1-5-17(19)18-6-2-4-8-20(18)22;1-16-12-14-19(15-13-16)20(17-8-4-2-5-9-17)18-10-6-3-7-11-18;1-2-3-12-19-17-10-11-18(20-13-6-7-14-20)16-9-5-4-8-15(16)17;1-4-10(2,3)8(14)19-6-5-7-20-9(15)11(12,13)21(16,17)18;2*1-4-9(2,3)7(13)18-5-6-19-8(14)10(11,12)20(15,16)17;;;;;;/h1-12,21H,13-14H2;2-15H,1H3;4-5,8-11H,2-3,6-7,12-14H2,1H3;4-7H2,1-3H3,(H,16,17,18);2*4-6H2,1-3H3,(H,15,16,17);6*1H4/q3*+1;;;;;;;;;/p-3. The van der Waals surface area contributed by atoms with Crippen LogP contribution in [-0.2, 0) is 116 Å². The molecule has 10 rings (SSSR count). The van der Waals surface area contributed by atoms with Crippen LogP contribution in [0.4, 0.5) is 26.3 Å². The minimum absolute atomic E-state index is 0. The topological polar surface area (TPSA) is 359 Å². The molecule has 1 saturated heterocycles. The first-order valence-corrected chi connectivity index (χ1v) is 47.3. The molecule has 23 nitrogen and oxygen atoms in total. The summed E-state index contributed by atoms with van der Waals surface area (Å²) >= 11 is 0. The van der Waals surface area contributed by atoms with Gasteiger partial charge in [-0.25, -0.2) is 39.6 Å². The highest BCUT2D eigenvalue weighted by Gasteiger charge is 2.51. The van der Waals surface area contributed by atoms with E-state index in [1.165, 1.54) is 92.4 Å². The second-order valence-corrected chi connectivity index (χ2v) is 39.9. The number of alkyl halides is 6. The molecule has 0 saturated carbocycles. The number of aliphatic hydroxyl groups excluding tert-OH is 1. The van der Waals surface area contributed by atoms with Crippen LogP contribution in [-0.4, -0.2) is 160 Å². The van der Waals surface area contributed by atoms with Gasteiger partial charge in [0.25, 0.3) is 0 Å². The molecule has 0 bridgehead atoms. The highest BCUT2D eigenvalue weighted by Crippen LogP contribution is 2.48. The van der Waals surface area contributed by atoms with Crippen LogP contribution in [0, 0.1) is 23.2 Å². The van der Waals surface area contributed by atoms with Gasteiger partial charge in [-0.2, -0.15) is 26.3 Å². The summed E-state index contributed by atoms with van der Waals surface area (Å²) in [6.07, 6.45) is 7.19. The van der Waals surface area contributed by atoms with E-state index in [0.29, 0.717) is 30.2 Å². The van der Waals surface area contributed by atoms with Crippen LogP contribution in [0.15, 0.2) is 214 Å². The van der Waals surface area contributed by atoms with E-state index in [2.05, 4.69) is 232 Å². The van der Waals surface area contributed by atoms with Gasteiger partial charge in [-0.1, -0.05) is 187 Å². The van der Waals surface area contributed by atoms with Gasteiger partial charge in [0.1, 0.15) is 43.7 Å². The van der Waals surface area contributed by atoms with E-state index in [1.54, 1.807) is 67.2 Å². The normalized spacial score (nSPS) is 12.1. The first-order chi connectivity index (χ1) is 57.7. The van der Waals surface area contributed by atoms with E-state index in [1.807, 2.05) is 0 Å². The van der Waals surface area contributed by atoms with Crippen molar-refractivity contribution in [1.82, 2.24) is 0 Å². The third kappa shape index (κ3) is 35.5. The number of carbonyl (C=O) groups excluding carboxylic acids is 6. The van der Waals surface area contributed by atoms with Crippen molar-refractivity contribution in [3.63, 3.8) is 0 Å². The van der Waals surface area contributed by atoms with Crippen LogP contribution in [0.5, 0.6) is 5.75 Å². The van der Waals surface area contributed by atoms with Crippen LogP contribution >= 0.6 is 10.5 Å². The molecule has 8 aromatic carbocycles. The number of thiophene rings is 1. The van der Waals surface area contributed by atoms with Crippen molar-refractivity contribution in [1.29, 1.82) is 0 Å². The number of esters is 6. The molecular weight excluding hydrogens is 1800 g/mol. The Kier molecular flexibility index (Phi) is 52.8. The predicted molar refractivity (Wildman–Crippen MR) is 498 cm³/mol. The van der Waals surface area contributed by atoms with E-state index in [4.69, 9.17) is 14.6 Å². The van der Waals surface area contributed by atoms with E-state index < -0.39 is 131 Å². The second-order valence-electron chi connectivity index (χ2n) is 29.4. The van der Waals surface area contributed by atoms with E-state index >= 15 is 0 Å². The maximum atomic E-state index is 12.7. The average molecular weight is 1930 g/mol. The molecule has 0 amide bonds. The number of unbranched alkanes of at least 4 members (excludes halogenated alkanes) is 1. The van der Waals surface area contributed by atoms with Gasteiger partial charge < -0.3 is 51.9 Å². The van der Waals surface area contributed by atoms with Gasteiger partial charge in [0, 0.05) is 55.9 Å². The highest BCUT2D eigenvalue weighted by atomic mass is 32.2. The van der Waals surface area contributed by atoms with Crippen LogP contribution in [0.2, 0.25) is 0 Å². The number of hydrogen-bond acceptors (Lipinski definition) is 23. The zero-order chi connectivity index (χ0) is 91.8. The summed E-state index contributed by atoms with van der Waals surface area (Å²) in [6.45, 7) is 16.9. The summed E-state index contributed by atoms with van der Waals surface area (Å²) in [6, 6.07) is 69.8. The Morgan fingerprint density at radius 3 is 1.08 bits per heavy atom.